The van der Waals surface area contributed by atoms with Crippen LogP contribution in [0.3, 0.4) is 0 Å². The highest BCUT2D eigenvalue weighted by atomic mass is 16.3. The van der Waals surface area contributed by atoms with Gasteiger partial charge in [0, 0.05) is 6.54 Å². The first kappa shape index (κ1) is 7.30. The first-order valence-corrected chi connectivity index (χ1v) is 3.05. The lowest BCUT2D eigenvalue weighted by Gasteiger charge is -2.17. The van der Waals surface area contributed by atoms with Crippen molar-refractivity contribution in [1.29, 1.82) is 0 Å². The largest absolute Gasteiger partial charge is 0.394 e. The first-order chi connectivity index (χ1) is 4.79. The maximum absolute atomic E-state index is 10.7. The molecule has 0 radical (unpaired) electrons. The molecule has 1 heterocycles. The fourth-order valence-electron chi connectivity index (χ4n) is 0.925. The Labute approximate surface area is 58.3 Å². The normalized spacial score (nSPS) is 25.2. The third-order valence-corrected chi connectivity index (χ3v) is 1.55. The van der Waals surface area contributed by atoms with E-state index < -0.39 is 0 Å². The lowest BCUT2D eigenvalue weighted by atomic mass is 10.3. The Balaban J connectivity index is 2.54. The van der Waals surface area contributed by atoms with Crippen molar-refractivity contribution in [2.24, 2.45) is 0 Å². The van der Waals surface area contributed by atoms with Crippen LogP contribution in [0.25, 0.3) is 0 Å². The van der Waals surface area contributed by atoms with Crippen LogP contribution in [0, 0.1) is 0 Å². The van der Waals surface area contributed by atoms with Gasteiger partial charge in [-0.15, -0.1) is 0 Å². The van der Waals surface area contributed by atoms with Gasteiger partial charge in [-0.1, -0.05) is 0 Å². The number of nitrogens with zero attached hydrogens (tertiary/aromatic N) is 1. The third-order valence-electron chi connectivity index (χ3n) is 1.55. The van der Waals surface area contributed by atoms with Crippen LogP contribution in [-0.2, 0) is 0 Å². The minimum absolute atomic E-state index is 0.112. The van der Waals surface area contributed by atoms with Gasteiger partial charge in [-0.2, -0.15) is 0 Å². The van der Waals surface area contributed by atoms with Gasteiger partial charge in [0.1, 0.15) is 6.73 Å². The molecule has 58 valence electrons. The molecule has 0 aromatic carbocycles. The van der Waals surface area contributed by atoms with Crippen LogP contribution in [0.15, 0.2) is 0 Å². The van der Waals surface area contributed by atoms with Crippen molar-refractivity contribution in [3.8, 4) is 0 Å². The Kier molecular flexibility index (Phi) is 2.08. The van der Waals surface area contributed by atoms with Crippen LogP contribution in [0.2, 0.25) is 0 Å². The first-order valence-electron chi connectivity index (χ1n) is 3.05. The van der Waals surface area contributed by atoms with Gasteiger partial charge >= 0.3 is 6.03 Å². The number of amides is 2. The van der Waals surface area contributed by atoms with Crippen LogP contribution in [-0.4, -0.2) is 47.1 Å². The summed E-state index contributed by atoms with van der Waals surface area (Å²) in [5, 5.41) is 19.7. The maximum Gasteiger partial charge on any atom is 0.319 e. The van der Waals surface area contributed by atoms with E-state index in [1.165, 1.54) is 4.90 Å². The average molecular weight is 146 g/mol. The van der Waals surface area contributed by atoms with E-state index in [0.29, 0.717) is 6.54 Å². The van der Waals surface area contributed by atoms with Crippen molar-refractivity contribution < 1.29 is 15.0 Å². The smallest absolute Gasteiger partial charge is 0.319 e. The van der Waals surface area contributed by atoms with Crippen LogP contribution >= 0.6 is 0 Å². The SMILES string of the molecule is O=C1NCC(CO)N1CO. The molecule has 1 rings (SSSR count). The second-order valence-electron chi connectivity index (χ2n) is 2.13. The summed E-state index contributed by atoms with van der Waals surface area (Å²) >= 11 is 0. The molecule has 0 bridgehead atoms. The van der Waals surface area contributed by atoms with E-state index in [9.17, 15) is 4.79 Å². The number of aliphatic hydroxyl groups is 2. The van der Waals surface area contributed by atoms with Crippen LogP contribution in [0.1, 0.15) is 0 Å². The van der Waals surface area contributed by atoms with Crippen molar-refractivity contribution in [2.75, 3.05) is 19.9 Å². The van der Waals surface area contributed by atoms with Gasteiger partial charge in [0.15, 0.2) is 0 Å². The summed E-state index contributed by atoms with van der Waals surface area (Å²) in [4.78, 5) is 11.9. The molecule has 0 saturated carbocycles. The summed E-state index contributed by atoms with van der Waals surface area (Å²) in [6.07, 6.45) is 0. The summed E-state index contributed by atoms with van der Waals surface area (Å²) in [5.74, 6) is 0. The predicted molar refractivity (Wildman–Crippen MR) is 33.2 cm³/mol. The Morgan fingerprint density at radius 3 is 2.80 bits per heavy atom. The average Bonchev–Trinajstić information content (AvgIpc) is 2.30. The fourth-order valence-corrected chi connectivity index (χ4v) is 0.925. The van der Waals surface area contributed by atoms with Crippen LogP contribution in [0.4, 0.5) is 4.79 Å². The standard InChI is InChI=1S/C5H10N2O3/c8-2-4-1-6-5(10)7(4)3-9/h4,8-9H,1-3H2,(H,6,10). The van der Waals surface area contributed by atoms with Gasteiger partial charge < -0.3 is 15.5 Å². The highest BCUT2D eigenvalue weighted by Gasteiger charge is 2.28. The van der Waals surface area contributed by atoms with Crippen LogP contribution < -0.4 is 5.32 Å². The molecule has 2 amide bonds. The lowest BCUT2D eigenvalue weighted by molar-refractivity contribution is 0.0911. The second kappa shape index (κ2) is 2.85. The van der Waals surface area contributed by atoms with E-state index >= 15 is 0 Å². The molecule has 1 atom stereocenters. The molecule has 1 unspecified atom stereocenters. The molecule has 0 aromatic rings. The van der Waals surface area contributed by atoms with Gasteiger partial charge in [0.25, 0.3) is 0 Å². The van der Waals surface area contributed by atoms with Crippen molar-refractivity contribution in [3.05, 3.63) is 0 Å². The van der Waals surface area contributed by atoms with Crippen molar-refractivity contribution in [2.45, 2.75) is 6.04 Å². The molecular weight excluding hydrogens is 136 g/mol. The van der Waals surface area contributed by atoms with Crippen molar-refractivity contribution in [3.63, 3.8) is 0 Å². The Hall–Kier alpha value is -0.810. The quantitative estimate of drug-likeness (QED) is 0.436. The number of urea groups is 1. The molecule has 1 aliphatic heterocycles. The third kappa shape index (κ3) is 1.05. The number of aliphatic hydroxyl groups excluding tert-OH is 2. The fraction of sp³-hybridized carbons (Fsp3) is 0.800. The molecular formula is C5H10N2O3. The predicted octanol–water partition coefficient (Wildman–Crippen LogP) is -1.68. The van der Waals surface area contributed by atoms with E-state index in [1.807, 2.05) is 0 Å². The van der Waals surface area contributed by atoms with Gasteiger partial charge in [-0.05, 0) is 0 Å². The Bertz CT molecular complexity index is 139. The number of carbonyl (C=O) groups is 1. The number of hydrogen-bond donors (Lipinski definition) is 3. The van der Waals surface area contributed by atoms with Crippen LogP contribution in [0.5, 0.6) is 0 Å². The highest BCUT2D eigenvalue weighted by molar-refractivity contribution is 5.76. The van der Waals surface area contributed by atoms with E-state index in [2.05, 4.69) is 5.32 Å². The van der Waals surface area contributed by atoms with Gasteiger partial charge in [-0.3, -0.25) is 4.90 Å². The molecule has 1 fully saturated rings. The number of nitrogens with one attached hydrogen (secondary N) is 1. The summed E-state index contributed by atoms with van der Waals surface area (Å²) in [6, 6.07) is -0.584. The molecule has 0 aliphatic carbocycles. The maximum atomic E-state index is 10.7. The van der Waals surface area contributed by atoms with Gasteiger partial charge in [0.05, 0.1) is 12.6 Å². The van der Waals surface area contributed by atoms with Gasteiger partial charge in [0.2, 0.25) is 0 Å². The van der Waals surface area contributed by atoms with E-state index in [1.54, 1.807) is 0 Å². The molecule has 0 aromatic heterocycles. The van der Waals surface area contributed by atoms with E-state index in [-0.39, 0.29) is 25.4 Å². The van der Waals surface area contributed by atoms with E-state index in [4.69, 9.17) is 10.2 Å². The monoisotopic (exact) mass is 146 g/mol. The zero-order valence-electron chi connectivity index (χ0n) is 5.45. The van der Waals surface area contributed by atoms with Crippen molar-refractivity contribution in [1.82, 2.24) is 10.2 Å². The molecule has 5 nitrogen and oxygen atoms in total. The number of rotatable bonds is 2. The molecule has 1 saturated heterocycles. The number of carbonyl (C=O) groups excluding carboxylic acids is 1. The molecule has 1 aliphatic rings. The lowest BCUT2D eigenvalue weighted by Crippen LogP contribution is -2.36. The Morgan fingerprint density at radius 1 is 1.70 bits per heavy atom. The molecule has 5 heteroatoms. The minimum atomic E-state index is -0.336. The molecule has 0 spiro atoms. The zero-order chi connectivity index (χ0) is 7.56. The van der Waals surface area contributed by atoms with E-state index in [0.717, 1.165) is 0 Å². The van der Waals surface area contributed by atoms with Crippen molar-refractivity contribution >= 4 is 6.03 Å². The summed E-state index contributed by atoms with van der Waals surface area (Å²) in [5.41, 5.74) is 0. The number of hydrogen-bond acceptors (Lipinski definition) is 3. The summed E-state index contributed by atoms with van der Waals surface area (Å²) < 4.78 is 0. The molecule has 10 heavy (non-hydrogen) atoms. The topological polar surface area (TPSA) is 72.8 Å². The summed E-state index contributed by atoms with van der Waals surface area (Å²) in [7, 11) is 0. The molecule has 3 N–H and O–H groups in total. The van der Waals surface area contributed by atoms with Gasteiger partial charge in [-0.25, -0.2) is 4.79 Å². The second-order valence-corrected chi connectivity index (χ2v) is 2.13. The summed E-state index contributed by atoms with van der Waals surface area (Å²) in [6.45, 7) is -0.0355. The Morgan fingerprint density at radius 2 is 2.40 bits per heavy atom. The minimum Gasteiger partial charge on any atom is -0.394 e. The zero-order valence-corrected chi connectivity index (χ0v) is 5.45. The highest BCUT2D eigenvalue weighted by Crippen LogP contribution is 2.03.